The van der Waals surface area contributed by atoms with Gasteiger partial charge in [-0.05, 0) is 6.07 Å². The molecule has 0 aliphatic rings. The molecule has 1 aromatic carbocycles. The average molecular weight is 221 g/mol. The number of hydrogen-bond acceptors (Lipinski definition) is 3. The molecule has 2 amide bonds. The van der Waals surface area contributed by atoms with Gasteiger partial charge in [0.1, 0.15) is 5.69 Å². The van der Waals surface area contributed by atoms with Crippen LogP contribution in [0.4, 0.5) is 16.2 Å². The van der Waals surface area contributed by atoms with Crippen molar-refractivity contribution in [2.75, 3.05) is 11.9 Å². The molecule has 0 aromatic heterocycles. The Morgan fingerprint density at radius 2 is 2.19 bits per heavy atom. The summed E-state index contributed by atoms with van der Waals surface area (Å²) in [5.41, 5.74) is 0.0188. The Labute approximate surface area is 92.1 Å². The van der Waals surface area contributed by atoms with Crippen LogP contribution in [0.25, 0.3) is 0 Å². The Balaban J connectivity index is 2.76. The summed E-state index contributed by atoms with van der Waals surface area (Å²) in [5.74, 6) is 0. The molecule has 0 fully saturated rings. The van der Waals surface area contributed by atoms with Crippen LogP contribution in [0.3, 0.4) is 0 Å². The second kappa shape index (κ2) is 5.50. The van der Waals surface area contributed by atoms with Crippen molar-refractivity contribution < 1.29 is 9.72 Å². The van der Waals surface area contributed by atoms with Crippen LogP contribution in [-0.2, 0) is 0 Å². The Hall–Kier alpha value is -2.37. The molecule has 0 unspecified atom stereocenters. The number of hydrogen-bond donors (Lipinski definition) is 2. The number of rotatable bonds is 4. The minimum atomic E-state index is -0.552. The number of benzene rings is 1. The van der Waals surface area contributed by atoms with Crippen molar-refractivity contribution >= 4 is 17.4 Å². The Morgan fingerprint density at radius 3 is 2.81 bits per heavy atom. The van der Waals surface area contributed by atoms with Gasteiger partial charge in [-0.15, -0.1) is 6.58 Å². The summed E-state index contributed by atoms with van der Waals surface area (Å²) >= 11 is 0. The summed E-state index contributed by atoms with van der Waals surface area (Å²) in [6, 6.07) is 5.42. The minimum absolute atomic E-state index is 0.142. The highest BCUT2D eigenvalue weighted by Gasteiger charge is 2.13. The lowest BCUT2D eigenvalue weighted by Crippen LogP contribution is -2.28. The molecular weight excluding hydrogens is 210 g/mol. The predicted octanol–water partition coefficient (Wildman–Crippen LogP) is 1.90. The summed E-state index contributed by atoms with van der Waals surface area (Å²) in [7, 11) is 0. The van der Waals surface area contributed by atoms with Gasteiger partial charge in [-0.1, -0.05) is 18.2 Å². The maximum absolute atomic E-state index is 11.3. The zero-order valence-electron chi connectivity index (χ0n) is 8.47. The second-order valence-electron chi connectivity index (χ2n) is 2.90. The molecule has 1 rings (SSSR count). The van der Waals surface area contributed by atoms with E-state index in [1.807, 2.05) is 0 Å². The van der Waals surface area contributed by atoms with Crippen molar-refractivity contribution in [3.05, 3.63) is 47.0 Å². The Morgan fingerprint density at radius 1 is 1.50 bits per heavy atom. The van der Waals surface area contributed by atoms with Crippen molar-refractivity contribution in [3.63, 3.8) is 0 Å². The summed E-state index contributed by atoms with van der Waals surface area (Å²) in [5, 5.41) is 15.5. The highest BCUT2D eigenvalue weighted by atomic mass is 16.6. The SMILES string of the molecule is C=CCNC(=O)Nc1ccccc1[N+](=O)[O-]. The van der Waals surface area contributed by atoms with Crippen LogP contribution in [0, 0.1) is 10.1 Å². The standard InChI is InChI=1S/C10H11N3O3/c1-2-7-11-10(14)12-8-5-3-4-6-9(8)13(15)16/h2-6H,1,7H2,(H2,11,12,14). The first-order valence-corrected chi connectivity index (χ1v) is 4.54. The van der Waals surface area contributed by atoms with Crippen LogP contribution in [0.1, 0.15) is 0 Å². The first-order chi connectivity index (χ1) is 7.65. The van der Waals surface area contributed by atoms with Crippen molar-refractivity contribution in [2.24, 2.45) is 0 Å². The van der Waals surface area contributed by atoms with Gasteiger partial charge in [-0.2, -0.15) is 0 Å². The van der Waals surface area contributed by atoms with Gasteiger partial charge in [0.05, 0.1) is 4.92 Å². The van der Waals surface area contributed by atoms with Crippen LogP contribution in [0.15, 0.2) is 36.9 Å². The molecule has 0 bridgehead atoms. The minimum Gasteiger partial charge on any atom is -0.334 e. The van der Waals surface area contributed by atoms with E-state index in [2.05, 4.69) is 17.2 Å². The number of para-hydroxylation sites is 2. The van der Waals surface area contributed by atoms with Crippen LogP contribution in [0.5, 0.6) is 0 Å². The molecular formula is C10H11N3O3. The van der Waals surface area contributed by atoms with E-state index in [-0.39, 0.29) is 11.4 Å². The van der Waals surface area contributed by atoms with E-state index >= 15 is 0 Å². The maximum atomic E-state index is 11.3. The molecule has 0 spiro atoms. The van der Waals surface area contributed by atoms with Crippen LogP contribution >= 0.6 is 0 Å². The number of carbonyl (C=O) groups is 1. The lowest BCUT2D eigenvalue weighted by molar-refractivity contribution is -0.383. The number of nitrogens with zero attached hydrogens (tertiary/aromatic N) is 1. The largest absolute Gasteiger partial charge is 0.334 e. The third kappa shape index (κ3) is 3.09. The highest BCUT2D eigenvalue weighted by molar-refractivity contribution is 5.91. The van der Waals surface area contributed by atoms with Gasteiger partial charge in [0.15, 0.2) is 0 Å². The number of carbonyl (C=O) groups excluding carboxylic acids is 1. The van der Waals surface area contributed by atoms with E-state index in [0.717, 1.165) is 0 Å². The topological polar surface area (TPSA) is 84.3 Å². The summed E-state index contributed by atoms with van der Waals surface area (Å²) in [6.45, 7) is 3.73. The van der Waals surface area contributed by atoms with Gasteiger partial charge in [0.25, 0.3) is 5.69 Å². The van der Waals surface area contributed by atoms with E-state index in [4.69, 9.17) is 0 Å². The number of urea groups is 1. The predicted molar refractivity (Wildman–Crippen MR) is 60.3 cm³/mol. The maximum Gasteiger partial charge on any atom is 0.319 e. The molecule has 0 heterocycles. The van der Waals surface area contributed by atoms with Crippen LogP contribution in [-0.4, -0.2) is 17.5 Å². The van der Waals surface area contributed by atoms with Gasteiger partial charge in [-0.3, -0.25) is 10.1 Å². The van der Waals surface area contributed by atoms with E-state index in [0.29, 0.717) is 6.54 Å². The average Bonchev–Trinajstić information content (AvgIpc) is 2.27. The summed E-state index contributed by atoms with van der Waals surface area (Å²) in [4.78, 5) is 21.3. The molecule has 6 heteroatoms. The quantitative estimate of drug-likeness (QED) is 0.462. The summed E-state index contributed by atoms with van der Waals surface area (Å²) < 4.78 is 0. The van der Waals surface area contributed by atoms with E-state index in [1.165, 1.54) is 24.3 Å². The molecule has 0 saturated carbocycles. The summed E-state index contributed by atoms with van der Waals surface area (Å²) in [6.07, 6.45) is 1.51. The van der Waals surface area contributed by atoms with Crippen molar-refractivity contribution in [1.29, 1.82) is 0 Å². The first-order valence-electron chi connectivity index (χ1n) is 4.54. The van der Waals surface area contributed by atoms with Gasteiger partial charge in [0, 0.05) is 12.6 Å². The molecule has 16 heavy (non-hydrogen) atoms. The highest BCUT2D eigenvalue weighted by Crippen LogP contribution is 2.22. The van der Waals surface area contributed by atoms with E-state index in [1.54, 1.807) is 6.07 Å². The van der Waals surface area contributed by atoms with Crippen LogP contribution in [0.2, 0.25) is 0 Å². The molecule has 0 atom stereocenters. The monoisotopic (exact) mass is 221 g/mol. The van der Waals surface area contributed by atoms with Crippen LogP contribution < -0.4 is 10.6 Å². The van der Waals surface area contributed by atoms with Crippen molar-refractivity contribution in [1.82, 2.24) is 5.32 Å². The second-order valence-corrected chi connectivity index (χ2v) is 2.90. The number of nitrogens with one attached hydrogen (secondary N) is 2. The molecule has 0 saturated heterocycles. The van der Waals surface area contributed by atoms with Crippen molar-refractivity contribution in [3.8, 4) is 0 Å². The molecule has 0 aliphatic carbocycles. The molecule has 6 nitrogen and oxygen atoms in total. The number of nitro benzene ring substituents is 1. The smallest absolute Gasteiger partial charge is 0.319 e. The van der Waals surface area contributed by atoms with Gasteiger partial charge in [-0.25, -0.2) is 4.79 Å². The molecule has 0 aliphatic heterocycles. The number of amides is 2. The molecule has 84 valence electrons. The fourth-order valence-corrected chi connectivity index (χ4v) is 1.07. The number of anilines is 1. The first kappa shape index (κ1) is 11.7. The molecule has 2 N–H and O–H groups in total. The Kier molecular flexibility index (Phi) is 4.02. The van der Waals surface area contributed by atoms with Crippen molar-refractivity contribution in [2.45, 2.75) is 0 Å². The normalized spacial score (nSPS) is 9.25. The third-order valence-electron chi connectivity index (χ3n) is 1.76. The zero-order valence-corrected chi connectivity index (χ0v) is 8.47. The van der Waals surface area contributed by atoms with Gasteiger partial charge < -0.3 is 10.6 Å². The molecule has 0 radical (unpaired) electrons. The van der Waals surface area contributed by atoms with Gasteiger partial charge in [0.2, 0.25) is 0 Å². The van der Waals surface area contributed by atoms with E-state index in [9.17, 15) is 14.9 Å². The molecule has 1 aromatic rings. The zero-order chi connectivity index (χ0) is 12.0. The number of nitro groups is 1. The van der Waals surface area contributed by atoms with E-state index < -0.39 is 11.0 Å². The lowest BCUT2D eigenvalue weighted by Gasteiger charge is -2.05. The Bertz CT molecular complexity index is 418. The fourth-order valence-electron chi connectivity index (χ4n) is 1.07. The van der Waals surface area contributed by atoms with Gasteiger partial charge >= 0.3 is 6.03 Å². The third-order valence-corrected chi connectivity index (χ3v) is 1.76. The lowest BCUT2D eigenvalue weighted by atomic mass is 10.3. The fraction of sp³-hybridized carbons (Fsp3) is 0.100.